The van der Waals surface area contributed by atoms with Crippen molar-refractivity contribution in [1.82, 2.24) is 10.3 Å². The molecular formula is C14H23N3. The first kappa shape index (κ1) is 12.4. The first-order valence-corrected chi connectivity index (χ1v) is 6.70. The van der Waals surface area contributed by atoms with Gasteiger partial charge in [-0.1, -0.05) is 25.8 Å². The van der Waals surface area contributed by atoms with Gasteiger partial charge < -0.3 is 11.1 Å². The molecule has 3 nitrogen and oxygen atoms in total. The van der Waals surface area contributed by atoms with Crippen molar-refractivity contribution in [2.75, 3.05) is 12.3 Å². The maximum Gasteiger partial charge on any atom is 0.126 e. The molecule has 0 spiro atoms. The fourth-order valence-corrected chi connectivity index (χ4v) is 2.75. The number of hydrogen-bond donors (Lipinski definition) is 2. The maximum absolute atomic E-state index is 5.95. The summed E-state index contributed by atoms with van der Waals surface area (Å²) in [5.41, 5.74) is 7.37. The van der Waals surface area contributed by atoms with Crippen LogP contribution in [-0.2, 0) is 6.42 Å². The van der Waals surface area contributed by atoms with Crippen LogP contribution in [0.5, 0.6) is 0 Å². The average molecular weight is 233 g/mol. The van der Waals surface area contributed by atoms with Crippen LogP contribution in [0.25, 0.3) is 0 Å². The zero-order valence-electron chi connectivity index (χ0n) is 10.7. The van der Waals surface area contributed by atoms with Gasteiger partial charge in [0.2, 0.25) is 0 Å². The van der Waals surface area contributed by atoms with Gasteiger partial charge >= 0.3 is 0 Å². The van der Waals surface area contributed by atoms with Gasteiger partial charge in [-0.05, 0) is 43.9 Å². The van der Waals surface area contributed by atoms with Crippen molar-refractivity contribution < 1.29 is 0 Å². The van der Waals surface area contributed by atoms with E-state index in [4.69, 9.17) is 5.73 Å². The van der Waals surface area contributed by atoms with E-state index >= 15 is 0 Å². The first-order valence-electron chi connectivity index (χ1n) is 6.70. The third-order valence-electron chi connectivity index (χ3n) is 3.96. The lowest BCUT2D eigenvalue weighted by atomic mass is 9.84. The van der Waals surface area contributed by atoms with E-state index in [1.807, 2.05) is 6.07 Å². The second-order valence-corrected chi connectivity index (χ2v) is 5.10. The highest BCUT2D eigenvalue weighted by Gasteiger charge is 2.29. The Morgan fingerprint density at radius 1 is 1.41 bits per heavy atom. The molecule has 1 aliphatic heterocycles. The standard InChI is InChI=1S/C14H23N3/c1-2-14(8-4-3-5-10-17-14)11-12-7-6-9-16-13(12)15/h6-7,9,17H,2-5,8,10-11H2,1H3,(H2,15,16). The van der Waals surface area contributed by atoms with E-state index < -0.39 is 0 Å². The molecule has 1 fully saturated rings. The van der Waals surface area contributed by atoms with Gasteiger partial charge in [0.05, 0.1) is 0 Å². The number of aromatic nitrogens is 1. The molecule has 2 heterocycles. The highest BCUT2D eigenvalue weighted by molar-refractivity contribution is 5.39. The molecule has 1 unspecified atom stereocenters. The number of pyridine rings is 1. The average Bonchev–Trinajstić information content (AvgIpc) is 2.58. The van der Waals surface area contributed by atoms with Gasteiger partial charge in [-0.3, -0.25) is 0 Å². The zero-order valence-corrected chi connectivity index (χ0v) is 10.7. The SMILES string of the molecule is CCC1(Cc2cccnc2N)CCCCCN1. The predicted octanol–water partition coefficient (Wildman–Crippen LogP) is 2.52. The summed E-state index contributed by atoms with van der Waals surface area (Å²) >= 11 is 0. The molecule has 2 rings (SSSR count). The molecule has 0 saturated carbocycles. The van der Waals surface area contributed by atoms with Gasteiger partial charge in [0.25, 0.3) is 0 Å². The van der Waals surface area contributed by atoms with Crippen LogP contribution >= 0.6 is 0 Å². The summed E-state index contributed by atoms with van der Waals surface area (Å²) in [7, 11) is 0. The highest BCUT2D eigenvalue weighted by atomic mass is 15.0. The summed E-state index contributed by atoms with van der Waals surface area (Å²) < 4.78 is 0. The minimum atomic E-state index is 0.230. The van der Waals surface area contributed by atoms with E-state index in [9.17, 15) is 0 Å². The third-order valence-corrected chi connectivity index (χ3v) is 3.96. The van der Waals surface area contributed by atoms with E-state index in [1.54, 1.807) is 6.20 Å². The molecule has 0 amide bonds. The summed E-state index contributed by atoms with van der Waals surface area (Å²) in [6, 6.07) is 4.08. The fourth-order valence-electron chi connectivity index (χ4n) is 2.75. The second kappa shape index (κ2) is 5.50. The molecule has 1 saturated heterocycles. The minimum absolute atomic E-state index is 0.230. The number of rotatable bonds is 3. The summed E-state index contributed by atoms with van der Waals surface area (Å²) in [5.74, 6) is 0.686. The predicted molar refractivity (Wildman–Crippen MR) is 71.8 cm³/mol. The molecule has 1 aromatic rings. The van der Waals surface area contributed by atoms with Crippen LogP contribution in [0, 0.1) is 0 Å². The molecule has 1 aliphatic rings. The molecule has 3 heteroatoms. The highest BCUT2D eigenvalue weighted by Crippen LogP contribution is 2.27. The van der Waals surface area contributed by atoms with Crippen LogP contribution in [0.2, 0.25) is 0 Å². The van der Waals surface area contributed by atoms with Crippen molar-refractivity contribution in [2.45, 2.75) is 51.0 Å². The Balaban J connectivity index is 2.15. The first-order chi connectivity index (χ1) is 8.26. The van der Waals surface area contributed by atoms with Crippen LogP contribution in [0.4, 0.5) is 5.82 Å². The monoisotopic (exact) mass is 233 g/mol. The number of hydrogen-bond acceptors (Lipinski definition) is 3. The van der Waals surface area contributed by atoms with Crippen molar-refractivity contribution in [3.8, 4) is 0 Å². The van der Waals surface area contributed by atoms with E-state index in [-0.39, 0.29) is 5.54 Å². The molecule has 1 atom stereocenters. The van der Waals surface area contributed by atoms with Crippen molar-refractivity contribution in [1.29, 1.82) is 0 Å². The van der Waals surface area contributed by atoms with Crippen LogP contribution in [-0.4, -0.2) is 17.1 Å². The summed E-state index contributed by atoms with van der Waals surface area (Å²) in [5, 5.41) is 3.74. The number of anilines is 1. The Morgan fingerprint density at radius 3 is 3.06 bits per heavy atom. The topological polar surface area (TPSA) is 50.9 Å². The Morgan fingerprint density at radius 2 is 2.29 bits per heavy atom. The number of nitrogens with two attached hydrogens (primary N) is 1. The van der Waals surface area contributed by atoms with E-state index in [2.05, 4.69) is 23.3 Å². The van der Waals surface area contributed by atoms with E-state index in [1.165, 1.54) is 31.2 Å². The molecule has 17 heavy (non-hydrogen) atoms. The quantitative estimate of drug-likeness (QED) is 0.843. The fraction of sp³-hybridized carbons (Fsp3) is 0.643. The Hall–Kier alpha value is -1.09. The third kappa shape index (κ3) is 2.97. The van der Waals surface area contributed by atoms with Gasteiger partial charge in [-0.15, -0.1) is 0 Å². The van der Waals surface area contributed by atoms with Crippen LogP contribution < -0.4 is 11.1 Å². The molecule has 1 aromatic heterocycles. The number of nitrogens with one attached hydrogen (secondary N) is 1. The summed E-state index contributed by atoms with van der Waals surface area (Å²) in [6.07, 6.45) is 9.13. The smallest absolute Gasteiger partial charge is 0.126 e. The largest absolute Gasteiger partial charge is 0.383 e. The molecule has 94 valence electrons. The van der Waals surface area contributed by atoms with Crippen LogP contribution in [0.15, 0.2) is 18.3 Å². The lowest BCUT2D eigenvalue weighted by Gasteiger charge is -2.33. The van der Waals surface area contributed by atoms with Gasteiger partial charge in [-0.2, -0.15) is 0 Å². The van der Waals surface area contributed by atoms with Crippen LogP contribution in [0.3, 0.4) is 0 Å². The molecule has 0 aromatic carbocycles. The molecular weight excluding hydrogens is 210 g/mol. The lowest BCUT2D eigenvalue weighted by Crippen LogP contribution is -2.46. The van der Waals surface area contributed by atoms with Gasteiger partial charge in [-0.25, -0.2) is 4.98 Å². The van der Waals surface area contributed by atoms with Crippen LogP contribution in [0.1, 0.15) is 44.6 Å². The van der Waals surface area contributed by atoms with Crippen molar-refractivity contribution in [3.05, 3.63) is 23.9 Å². The molecule has 0 bridgehead atoms. The summed E-state index contributed by atoms with van der Waals surface area (Å²) in [6.45, 7) is 3.40. The summed E-state index contributed by atoms with van der Waals surface area (Å²) in [4.78, 5) is 4.18. The Labute approximate surface area is 104 Å². The Kier molecular flexibility index (Phi) is 4.00. The van der Waals surface area contributed by atoms with Gasteiger partial charge in [0.1, 0.15) is 5.82 Å². The second-order valence-electron chi connectivity index (χ2n) is 5.10. The lowest BCUT2D eigenvalue weighted by molar-refractivity contribution is 0.302. The van der Waals surface area contributed by atoms with Gasteiger partial charge in [0, 0.05) is 11.7 Å². The number of nitrogen functional groups attached to an aromatic ring is 1. The molecule has 3 N–H and O–H groups in total. The molecule has 0 radical (unpaired) electrons. The normalized spacial score (nSPS) is 25.5. The molecule has 0 aliphatic carbocycles. The Bertz CT molecular complexity index is 354. The number of nitrogens with zero attached hydrogens (tertiary/aromatic N) is 1. The van der Waals surface area contributed by atoms with Gasteiger partial charge in [0.15, 0.2) is 0 Å². The van der Waals surface area contributed by atoms with E-state index in [0.717, 1.165) is 19.4 Å². The van der Waals surface area contributed by atoms with Crippen molar-refractivity contribution >= 4 is 5.82 Å². The van der Waals surface area contributed by atoms with Crippen molar-refractivity contribution in [2.24, 2.45) is 0 Å². The maximum atomic E-state index is 5.95. The minimum Gasteiger partial charge on any atom is -0.383 e. The van der Waals surface area contributed by atoms with Crippen molar-refractivity contribution in [3.63, 3.8) is 0 Å². The zero-order chi connectivity index (χ0) is 12.1. The van der Waals surface area contributed by atoms with E-state index in [0.29, 0.717) is 5.82 Å².